The maximum atomic E-state index is 12.1. The number of hydrogen-bond acceptors (Lipinski definition) is 3. The molecule has 2 aromatic rings. The van der Waals surface area contributed by atoms with Crippen molar-refractivity contribution < 1.29 is 4.79 Å². The molecule has 0 aromatic carbocycles. The van der Waals surface area contributed by atoms with Crippen LogP contribution in [0.5, 0.6) is 0 Å². The molecule has 0 saturated carbocycles. The molecule has 0 aliphatic carbocycles. The molecule has 1 atom stereocenters. The van der Waals surface area contributed by atoms with Gasteiger partial charge in [-0.3, -0.25) is 9.48 Å². The zero-order valence-electron chi connectivity index (χ0n) is 12.2. The molecule has 0 unspecified atom stereocenters. The van der Waals surface area contributed by atoms with Crippen molar-refractivity contribution in [1.29, 1.82) is 0 Å². The monoisotopic (exact) mass is 275 g/mol. The van der Waals surface area contributed by atoms with E-state index in [-0.39, 0.29) is 11.9 Å². The molecule has 2 heterocycles. The minimum Gasteiger partial charge on any atom is -0.354 e. The third-order valence-electron chi connectivity index (χ3n) is 3.24. The summed E-state index contributed by atoms with van der Waals surface area (Å²) in [6.45, 7) is 6.39. The molecule has 20 heavy (non-hydrogen) atoms. The molecule has 0 radical (unpaired) electrons. The van der Waals surface area contributed by atoms with Crippen molar-refractivity contribution in [3.05, 3.63) is 35.7 Å². The molecular weight excluding hydrogens is 254 g/mol. The number of H-pyrrole nitrogens is 1. The van der Waals surface area contributed by atoms with Gasteiger partial charge >= 0.3 is 0 Å². The largest absolute Gasteiger partial charge is 0.354 e. The minimum atomic E-state index is -0.285. The average molecular weight is 275 g/mol. The van der Waals surface area contributed by atoms with Gasteiger partial charge in [0.15, 0.2) is 0 Å². The molecule has 6 nitrogen and oxygen atoms in total. The number of nitrogens with one attached hydrogen (secondary N) is 2. The summed E-state index contributed by atoms with van der Waals surface area (Å²) in [6, 6.07) is 1.69. The third-order valence-corrected chi connectivity index (χ3v) is 3.24. The van der Waals surface area contributed by atoms with E-state index in [2.05, 4.69) is 20.4 Å². The van der Waals surface area contributed by atoms with Gasteiger partial charge in [0.2, 0.25) is 5.91 Å². The predicted octanol–water partition coefficient (Wildman–Crippen LogP) is 1.53. The van der Waals surface area contributed by atoms with Crippen LogP contribution in [0, 0.1) is 13.8 Å². The van der Waals surface area contributed by atoms with Crippen LogP contribution >= 0.6 is 0 Å². The maximum absolute atomic E-state index is 12.1. The van der Waals surface area contributed by atoms with Gasteiger partial charge in [0.1, 0.15) is 11.9 Å². The fourth-order valence-corrected chi connectivity index (χ4v) is 2.20. The Hall–Kier alpha value is -2.11. The highest BCUT2D eigenvalue weighted by atomic mass is 16.2. The zero-order chi connectivity index (χ0) is 14.5. The van der Waals surface area contributed by atoms with Crippen LogP contribution in [0.1, 0.15) is 36.6 Å². The SMILES string of the molecule is Cc1cc(C)n([C@@H](C)C(=O)NCCCc2ncc[nH]2)n1. The molecule has 0 saturated heterocycles. The molecule has 2 aromatic heterocycles. The van der Waals surface area contributed by atoms with Crippen LogP contribution in [-0.2, 0) is 11.2 Å². The number of amides is 1. The average Bonchev–Trinajstić information content (AvgIpc) is 3.03. The van der Waals surface area contributed by atoms with E-state index in [0.717, 1.165) is 30.1 Å². The number of carbonyl (C=O) groups excluding carboxylic acids is 1. The molecule has 0 aliphatic heterocycles. The minimum absolute atomic E-state index is 0.00403. The first kappa shape index (κ1) is 14.3. The van der Waals surface area contributed by atoms with Gasteiger partial charge in [0.25, 0.3) is 0 Å². The number of imidazole rings is 1. The van der Waals surface area contributed by atoms with Crippen molar-refractivity contribution >= 4 is 5.91 Å². The number of hydrogen-bond donors (Lipinski definition) is 2. The first-order valence-electron chi connectivity index (χ1n) is 6.86. The van der Waals surface area contributed by atoms with Gasteiger partial charge in [0, 0.05) is 31.1 Å². The maximum Gasteiger partial charge on any atom is 0.244 e. The van der Waals surface area contributed by atoms with E-state index >= 15 is 0 Å². The first-order chi connectivity index (χ1) is 9.58. The summed E-state index contributed by atoms with van der Waals surface area (Å²) in [6.07, 6.45) is 5.24. The summed E-state index contributed by atoms with van der Waals surface area (Å²) in [4.78, 5) is 19.3. The zero-order valence-corrected chi connectivity index (χ0v) is 12.2. The molecule has 0 spiro atoms. The van der Waals surface area contributed by atoms with Crippen LogP contribution in [0.2, 0.25) is 0 Å². The van der Waals surface area contributed by atoms with Gasteiger partial charge in [-0.05, 0) is 33.3 Å². The molecule has 2 rings (SSSR count). The summed E-state index contributed by atoms with van der Waals surface area (Å²) >= 11 is 0. The molecule has 0 bridgehead atoms. The molecule has 1 amide bonds. The molecule has 108 valence electrons. The Morgan fingerprint density at radius 1 is 1.50 bits per heavy atom. The summed E-state index contributed by atoms with van der Waals surface area (Å²) in [5, 5.41) is 7.28. The Morgan fingerprint density at radius 3 is 2.90 bits per heavy atom. The lowest BCUT2D eigenvalue weighted by molar-refractivity contribution is -0.124. The van der Waals surface area contributed by atoms with Crippen LogP contribution in [0.25, 0.3) is 0 Å². The lowest BCUT2D eigenvalue weighted by Crippen LogP contribution is -2.32. The second-order valence-electron chi connectivity index (χ2n) is 4.98. The lowest BCUT2D eigenvalue weighted by atomic mass is 10.2. The van der Waals surface area contributed by atoms with Crippen molar-refractivity contribution in [3.63, 3.8) is 0 Å². The van der Waals surface area contributed by atoms with Crippen LogP contribution in [-0.4, -0.2) is 32.2 Å². The standard InChI is InChI=1S/C14H21N5O/c1-10-9-11(2)19(18-10)12(3)14(20)17-6-4-5-13-15-7-8-16-13/h7-9,12H,4-6H2,1-3H3,(H,15,16)(H,17,20)/t12-/m0/s1. The molecular formula is C14H21N5O. The van der Waals surface area contributed by atoms with E-state index in [1.54, 1.807) is 17.1 Å². The topological polar surface area (TPSA) is 75.6 Å². The highest BCUT2D eigenvalue weighted by molar-refractivity contribution is 5.79. The van der Waals surface area contributed by atoms with E-state index in [1.165, 1.54) is 0 Å². The normalized spacial score (nSPS) is 12.3. The number of aryl methyl sites for hydroxylation is 3. The van der Waals surface area contributed by atoms with Crippen LogP contribution < -0.4 is 5.32 Å². The number of carbonyl (C=O) groups is 1. The number of aromatic nitrogens is 4. The van der Waals surface area contributed by atoms with Crippen molar-refractivity contribution in [2.45, 2.75) is 39.7 Å². The number of rotatable bonds is 6. The summed E-state index contributed by atoms with van der Waals surface area (Å²) in [7, 11) is 0. The smallest absolute Gasteiger partial charge is 0.244 e. The van der Waals surface area contributed by atoms with Gasteiger partial charge in [0.05, 0.1) is 5.69 Å². The van der Waals surface area contributed by atoms with E-state index in [0.29, 0.717) is 6.54 Å². The Kier molecular flexibility index (Phi) is 4.55. The molecule has 2 N–H and O–H groups in total. The van der Waals surface area contributed by atoms with Gasteiger partial charge in [-0.15, -0.1) is 0 Å². The lowest BCUT2D eigenvalue weighted by Gasteiger charge is -2.14. The van der Waals surface area contributed by atoms with Crippen molar-refractivity contribution in [2.24, 2.45) is 0 Å². The molecule has 0 fully saturated rings. The number of aromatic amines is 1. The Balaban J connectivity index is 1.78. The van der Waals surface area contributed by atoms with Gasteiger partial charge in [-0.1, -0.05) is 0 Å². The second-order valence-corrected chi connectivity index (χ2v) is 4.98. The quantitative estimate of drug-likeness (QED) is 0.785. The van der Waals surface area contributed by atoms with Crippen molar-refractivity contribution in [3.8, 4) is 0 Å². The van der Waals surface area contributed by atoms with Gasteiger partial charge in [-0.2, -0.15) is 5.10 Å². The van der Waals surface area contributed by atoms with Crippen LogP contribution in [0.3, 0.4) is 0 Å². The van der Waals surface area contributed by atoms with Crippen molar-refractivity contribution in [2.75, 3.05) is 6.54 Å². The molecule has 6 heteroatoms. The highest BCUT2D eigenvalue weighted by Gasteiger charge is 2.17. The Morgan fingerprint density at radius 2 is 2.30 bits per heavy atom. The van der Waals surface area contributed by atoms with E-state index in [9.17, 15) is 4.79 Å². The predicted molar refractivity (Wildman–Crippen MR) is 76.3 cm³/mol. The summed E-state index contributed by atoms with van der Waals surface area (Å²) < 4.78 is 1.76. The molecule has 0 aliphatic rings. The third kappa shape index (κ3) is 3.46. The Labute approximate surface area is 118 Å². The van der Waals surface area contributed by atoms with E-state index in [1.807, 2.05) is 26.8 Å². The number of nitrogens with zero attached hydrogens (tertiary/aromatic N) is 3. The van der Waals surface area contributed by atoms with Gasteiger partial charge in [-0.25, -0.2) is 4.98 Å². The van der Waals surface area contributed by atoms with Crippen LogP contribution in [0.4, 0.5) is 0 Å². The van der Waals surface area contributed by atoms with E-state index in [4.69, 9.17) is 0 Å². The fourth-order valence-electron chi connectivity index (χ4n) is 2.20. The second kappa shape index (κ2) is 6.36. The van der Waals surface area contributed by atoms with Crippen LogP contribution in [0.15, 0.2) is 18.5 Å². The first-order valence-corrected chi connectivity index (χ1v) is 6.86. The summed E-state index contributed by atoms with van der Waals surface area (Å²) in [5.74, 6) is 0.946. The van der Waals surface area contributed by atoms with E-state index < -0.39 is 0 Å². The van der Waals surface area contributed by atoms with Crippen molar-refractivity contribution in [1.82, 2.24) is 25.1 Å². The Bertz CT molecular complexity index is 558. The fraction of sp³-hybridized carbons (Fsp3) is 0.500. The van der Waals surface area contributed by atoms with Gasteiger partial charge < -0.3 is 10.3 Å². The summed E-state index contributed by atoms with van der Waals surface area (Å²) in [5.41, 5.74) is 1.93. The highest BCUT2D eigenvalue weighted by Crippen LogP contribution is 2.10.